The maximum atomic E-state index is 5.58. The Morgan fingerprint density at radius 3 is 2.76 bits per heavy atom. The summed E-state index contributed by atoms with van der Waals surface area (Å²) in [5, 5.41) is 3.86. The van der Waals surface area contributed by atoms with Crippen LogP contribution in [0.1, 0.15) is 31.5 Å². The van der Waals surface area contributed by atoms with Gasteiger partial charge in [0.15, 0.2) is 6.61 Å². The highest BCUT2D eigenvalue weighted by Crippen LogP contribution is 2.24. The van der Waals surface area contributed by atoms with Gasteiger partial charge in [-0.1, -0.05) is 31.1 Å². The summed E-state index contributed by atoms with van der Waals surface area (Å²) < 4.78 is 11.6. The molecule has 1 aromatic heterocycles. The van der Waals surface area contributed by atoms with Gasteiger partial charge in [0.05, 0.1) is 4.47 Å². The molecule has 0 atom stereocenters. The van der Waals surface area contributed by atoms with Gasteiger partial charge in [0.2, 0.25) is 11.7 Å². The van der Waals surface area contributed by atoms with Crippen LogP contribution in [0.3, 0.4) is 0 Å². The maximum absolute atomic E-state index is 5.58. The van der Waals surface area contributed by atoms with Gasteiger partial charge in [-0.05, 0) is 28.1 Å². The van der Waals surface area contributed by atoms with Crippen molar-refractivity contribution in [3.8, 4) is 5.75 Å². The first-order valence-electron chi connectivity index (χ1n) is 5.36. The number of benzene rings is 1. The molecule has 0 bridgehead atoms. The van der Waals surface area contributed by atoms with E-state index in [1.807, 2.05) is 38.1 Å². The molecule has 2 rings (SSSR count). The molecule has 0 radical (unpaired) electrons. The summed E-state index contributed by atoms with van der Waals surface area (Å²) in [6.45, 7) is 4.32. The van der Waals surface area contributed by atoms with Crippen LogP contribution in [0.4, 0.5) is 0 Å². The minimum Gasteiger partial charge on any atom is -0.484 e. The van der Waals surface area contributed by atoms with Crippen LogP contribution in [0.25, 0.3) is 0 Å². The van der Waals surface area contributed by atoms with Crippen molar-refractivity contribution >= 4 is 15.9 Å². The highest BCUT2D eigenvalue weighted by molar-refractivity contribution is 9.10. The van der Waals surface area contributed by atoms with Crippen molar-refractivity contribution < 1.29 is 9.26 Å². The van der Waals surface area contributed by atoms with Gasteiger partial charge in [-0.15, -0.1) is 0 Å². The molecule has 0 aliphatic heterocycles. The van der Waals surface area contributed by atoms with Gasteiger partial charge in [-0.2, -0.15) is 4.98 Å². The van der Waals surface area contributed by atoms with Crippen molar-refractivity contribution in [2.45, 2.75) is 26.4 Å². The molecule has 0 spiro atoms. The quantitative estimate of drug-likeness (QED) is 0.866. The molecule has 0 aliphatic rings. The summed E-state index contributed by atoms with van der Waals surface area (Å²) in [6, 6.07) is 7.65. The number of aromatic nitrogens is 2. The fraction of sp³-hybridized carbons (Fsp3) is 0.333. The predicted molar refractivity (Wildman–Crippen MR) is 66.9 cm³/mol. The van der Waals surface area contributed by atoms with Crippen LogP contribution in [0.2, 0.25) is 0 Å². The van der Waals surface area contributed by atoms with Crippen molar-refractivity contribution in [2.24, 2.45) is 0 Å². The van der Waals surface area contributed by atoms with E-state index < -0.39 is 0 Å². The lowest BCUT2D eigenvalue weighted by molar-refractivity contribution is 0.283. The van der Waals surface area contributed by atoms with E-state index in [9.17, 15) is 0 Å². The van der Waals surface area contributed by atoms with E-state index in [2.05, 4.69) is 26.1 Å². The third-order valence-electron chi connectivity index (χ3n) is 2.17. The van der Waals surface area contributed by atoms with Crippen molar-refractivity contribution in [3.63, 3.8) is 0 Å². The van der Waals surface area contributed by atoms with Crippen molar-refractivity contribution in [2.75, 3.05) is 0 Å². The number of hydrogen-bond acceptors (Lipinski definition) is 4. The summed E-state index contributed by atoms with van der Waals surface area (Å²) >= 11 is 3.41. The highest BCUT2D eigenvalue weighted by Gasteiger charge is 2.10. The molecule has 4 nitrogen and oxygen atoms in total. The Kier molecular flexibility index (Phi) is 3.78. The molecule has 0 unspecified atom stereocenters. The predicted octanol–water partition coefficient (Wildman–Crippen LogP) is 3.53. The first kappa shape index (κ1) is 12.1. The zero-order valence-corrected chi connectivity index (χ0v) is 11.3. The number of halogens is 1. The van der Waals surface area contributed by atoms with E-state index in [0.29, 0.717) is 18.3 Å². The lowest BCUT2D eigenvalue weighted by atomic mass is 10.2. The fourth-order valence-electron chi connectivity index (χ4n) is 1.26. The van der Waals surface area contributed by atoms with Gasteiger partial charge < -0.3 is 9.26 Å². The van der Waals surface area contributed by atoms with Crippen LogP contribution in [-0.4, -0.2) is 10.1 Å². The number of ether oxygens (including phenoxy) is 1. The Hall–Kier alpha value is -1.36. The average Bonchev–Trinajstić information content (AvgIpc) is 2.77. The van der Waals surface area contributed by atoms with Crippen molar-refractivity contribution in [3.05, 3.63) is 40.5 Å². The number of hydrogen-bond donors (Lipinski definition) is 0. The largest absolute Gasteiger partial charge is 0.484 e. The van der Waals surface area contributed by atoms with Gasteiger partial charge in [0, 0.05) is 5.92 Å². The molecule has 1 heterocycles. The minimum atomic E-state index is 0.236. The van der Waals surface area contributed by atoms with Crippen LogP contribution in [0.5, 0.6) is 5.75 Å². The summed E-state index contributed by atoms with van der Waals surface area (Å²) in [4.78, 5) is 4.24. The molecule has 0 saturated carbocycles. The first-order chi connectivity index (χ1) is 8.16. The fourth-order valence-corrected chi connectivity index (χ4v) is 1.66. The second-order valence-corrected chi connectivity index (χ2v) is 4.78. The number of para-hydroxylation sites is 1. The maximum Gasteiger partial charge on any atom is 0.229 e. The molecule has 90 valence electrons. The lowest BCUT2D eigenvalue weighted by Crippen LogP contribution is -1.98. The van der Waals surface area contributed by atoms with Crippen molar-refractivity contribution in [1.82, 2.24) is 10.1 Å². The summed E-state index contributed by atoms with van der Waals surface area (Å²) in [5.41, 5.74) is 0. The molecule has 0 saturated heterocycles. The Labute approximate surface area is 108 Å². The number of nitrogens with zero attached hydrogens (tertiary/aromatic N) is 2. The van der Waals surface area contributed by atoms with E-state index in [1.165, 1.54) is 0 Å². The second-order valence-electron chi connectivity index (χ2n) is 3.92. The van der Waals surface area contributed by atoms with Gasteiger partial charge in [-0.3, -0.25) is 0 Å². The van der Waals surface area contributed by atoms with E-state index in [1.54, 1.807) is 0 Å². The van der Waals surface area contributed by atoms with Crippen LogP contribution < -0.4 is 4.74 Å². The Balaban J connectivity index is 2.00. The zero-order chi connectivity index (χ0) is 12.3. The SMILES string of the molecule is CC(C)c1nc(COc2ccccc2Br)no1. The zero-order valence-electron chi connectivity index (χ0n) is 9.68. The number of rotatable bonds is 4. The third kappa shape index (κ3) is 3.06. The molecule has 5 heteroatoms. The Morgan fingerprint density at radius 1 is 1.35 bits per heavy atom. The van der Waals surface area contributed by atoms with E-state index in [-0.39, 0.29) is 5.92 Å². The van der Waals surface area contributed by atoms with Gasteiger partial charge >= 0.3 is 0 Å². The standard InChI is InChI=1S/C12H13BrN2O2/c1-8(2)12-14-11(15-17-12)7-16-10-6-4-3-5-9(10)13/h3-6,8H,7H2,1-2H3. The molecular weight excluding hydrogens is 284 g/mol. The topological polar surface area (TPSA) is 48.2 Å². The van der Waals surface area contributed by atoms with Gasteiger partial charge in [0.25, 0.3) is 0 Å². The van der Waals surface area contributed by atoms with E-state index in [4.69, 9.17) is 9.26 Å². The second kappa shape index (κ2) is 5.31. The summed E-state index contributed by atoms with van der Waals surface area (Å²) in [7, 11) is 0. The molecule has 17 heavy (non-hydrogen) atoms. The van der Waals surface area contributed by atoms with Crippen LogP contribution in [-0.2, 0) is 6.61 Å². The van der Waals surface area contributed by atoms with Crippen LogP contribution >= 0.6 is 15.9 Å². The lowest BCUT2D eigenvalue weighted by Gasteiger charge is -2.04. The van der Waals surface area contributed by atoms with E-state index in [0.717, 1.165) is 10.2 Å². The first-order valence-corrected chi connectivity index (χ1v) is 6.16. The van der Waals surface area contributed by atoms with E-state index >= 15 is 0 Å². The molecule has 1 aromatic carbocycles. The molecule has 0 aliphatic carbocycles. The van der Waals surface area contributed by atoms with Gasteiger partial charge in [-0.25, -0.2) is 0 Å². The molecule has 0 amide bonds. The smallest absolute Gasteiger partial charge is 0.229 e. The monoisotopic (exact) mass is 296 g/mol. The summed E-state index contributed by atoms with van der Waals surface area (Å²) in [6.07, 6.45) is 0. The highest BCUT2D eigenvalue weighted by atomic mass is 79.9. The Bertz CT molecular complexity index is 497. The normalized spacial score (nSPS) is 10.8. The average molecular weight is 297 g/mol. The minimum absolute atomic E-state index is 0.236. The molecule has 2 aromatic rings. The van der Waals surface area contributed by atoms with Crippen molar-refractivity contribution in [1.29, 1.82) is 0 Å². The third-order valence-corrected chi connectivity index (χ3v) is 2.83. The molecular formula is C12H13BrN2O2. The van der Waals surface area contributed by atoms with Crippen LogP contribution in [0, 0.1) is 0 Å². The molecule has 0 fully saturated rings. The molecule has 0 N–H and O–H groups in total. The van der Waals surface area contributed by atoms with Gasteiger partial charge in [0.1, 0.15) is 5.75 Å². The van der Waals surface area contributed by atoms with Crippen LogP contribution in [0.15, 0.2) is 33.3 Å². The Morgan fingerprint density at radius 2 is 2.12 bits per heavy atom. The summed E-state index contributed by atoms with van der Waals surface area (Å²) in [5.74, 6) is 2.20.